The molecule has 0 spiro atoms. The van der Waals surface area contributed by atoms with Crippen LogP contribution in [0.5, 0.6) is 0 Å². The fraction of sp³-hybridized carbons (Fsp3) is 0.471. The Labute approximate surface area is 150 Å². The maximum Gasteiger partial charge on any atom is 0.325 e. The van der Waals surface area contributed by atoms with Crippen molar-refractivity contribution >= 4 is 23.5 Å². The van der Waals surface area contributed by atoms with Gasteiger partial charge in [-0.15, -0.1) is 0 Å². The summed E-state index contributed by atoms with van der Waals surface area (Å²) in [5.41, 5.74) is -1.08. The minimum absolute atomic E-state index is 0.0469. The zero-order chi connectivity index (χ0) is 19.5. The van der Waals surface area contributed by atoms with Gasteiger partial charge in [0.1, 0.15) is 12.1 Å². The zero-order valence-electron chi connectivity index (χ0n) is 14.9. The Morgan fingerprint density at radius 3 is 2.50 bits per heavy atom. The maximum absolute atomic E-state index is 12.7. The van der Waals surface area contributed by atoms with E-state index in [9.17, 15) is 24.5 Å². The number of rotatable bonds is 7. The smallest absolute Gasteiger partial charge is 0.325 e. The number of carbonyl (C=O) groups excluding carboxylic acids is 3. The van der Waals surface area contributed by atoms with Crippen molar-refractivity contribution in [2.45, 2.75) is 45.2 Å². The van der Waals surface area contributed by atoms with Crippen LogP contribution in [0.15, 0.2) is 24.3 Å². The molecule has 1 heterocycles. The van der Waals surface area contributed by atoms with Crippen molar-refractivity contribution in [1.29, 1.82) is 0 Å². The molecule has 140 valence electrons. The largest absolute Gasteiger partial charge is 0.352 e. The molecule has 1 aliphatic heterocycles. The topological polar surface area (TPSA) is 122 Å². The molecule has 9 heteroatoms. The SMILES string of the molecule is CCC[C@H](C)NC(=O)CN1C(=O)N[C@](C)(c2ccc([N+](=O)[O-])cc2)C1=O. The first-order chi connectivity index (χ1) is 12.2. The van der Waals surface area contributed by atoms with E-state index in [-0.39, 0.29) is 18.3 Å². The number of nitrogens with one attached hydrogen (secondary N) is 2. The van der Waals surface area contributed by atoms with Gasteiger partial charge in [-0.05, 0) is 38.0 Å². The fourth-order valence-electron chi connectivity index (χ4n) is 2.92. The summed E-state index contributed by atoms with van der Waals surface area (Å²) in [6.07, 6.45) is 1.70. The van der Waals surface area contributed by atoms with Gasteiger partial charge >= 0.3 is 6.03 Å². The first-order valence-corrected chi connectivity index (χ1v) is 8.37. The maximum atomic E-state index is 12.7. The summed E-state index contributed by atoms with van der Waals surface area (Å²) in [5.74, 6) is -0.989. The van der Waals surface area contributed by atoms with E-state index in [0.717, 1.165) is 17.7 Å². The van der Waals surface area contributed by atoms with Gasteiger partial charge in [0, 0.05) is 18.2 Å². The van der Waals surface area contributed by atoms with Gasteiger partial charge in [-0.3, -0.25) is 24.6 Å². The molecular formula is C17H22N4O5. The predicted molar refractivity (Wildman–Crippen MR) is 93.2 cm³/mol. The number of benzene rings is 1. The molecule has 2 rings (SSSR count). The Hall–Kier alpha value is -2.97. The average Bonchev–Trinajstić information content (AvgIpc) is 2.79. The number of amides is 4. The summed E-state index contributed by atoms with van der Waals surface area (Å²) in [5, 5.41) is 16.1. The highest BCUT2D eigenvalue weighted by Crippen LogP contribution is 2.29. The molecule has 1 aromatic carbocycles. The van der Waals surface area contributed by atoms with Crippen LogP contribution >= 0.6 is 0 Å². The highest BCUT2D eigenvalue weighted by atomic mass is 16.6. The van der Waals surface area contributed by atoms with Gasteiger partial charge in [0.2, 0.25) is 5.91 Å². The van der Waals surface area contributed by atoms with Crippen LogP contribution in [0.3, 0.4) is 0 Å². The second-order valence-electron chi connectivity index (χ2n) is 6.51. The number of carbonyl (C=O) groups is 3. The molecule has 2 N–H and O–H groups in total. The number of urea groups is 1. The first kappa shape index (κ1) is 19.4. The third kappa shape index (κ3) is 3.81. The standard InChI is InChI=1S/C17H22N4O5/c1-4-5-11(2)18-14(22)10-20-15(23)17(3,19-16(20)24)12-6-8-13(9-7-12)21(25)26/h6-9,11H,4-5,10H2,1-3H3,(H,18,22)(H,19,24)/t11-,17+/m0/s1. The number of imide groups is 1. The van der Waals surface area contributed by atoms with Crippen LogP contribution in [0, 0.1) is 10.1 Å². The van der Waals surface area contributed by atoms with Crippen molar-refractivity contribution in [1.82, 2.24) is 15.5 Å². The summed E-state index contributed by atoms with van der Waals surface area (Å²) in [6, 6.07) is 4.65. The minimum atomic E-state index is -1.37. The first-order valence-electron chi connectivity index (χ1n) is 8.37. The van der Waals surface area contributed by atoms with Crippen molar-refractivity contribution in [2.24, 2.45) is 0 Å². The van der Waals surface area contributed by atoms with Crippen molar-refractivity contribution in [2.75, 3.05) is 6.54 Å². The van der Waals surface area contributed by atoms with Crippen LogP contribution < -0.4 is 10.6 Å². The van der Waals surface area contributed by atoms with Gasteiger partial charge in [0.05, 0.1) is 4.92 Å². The van der Waals surface area contributed by atoms with E-state index >= 15 is 0 Å². The zero-order valence-corrected chi connectivity index (χ0v) is 14.9. The van der Waals surface area contributed by atoms with Crippen LogP contribution in [0.2, 0.25) is 0 Å². The Morgan fingerprint density at radius 1 is 1.35 bits per heavy atom. The van der Waals surface area contributed by atoms with E-state index in [0.29, 0.717) is 5.56 Å². The fourth-order valence-corrected chi connectivity index (χ4v) is 2.92. The lowest BCUT2D eigenvalue weighted by Gasteiger charge is -2.22. The average molecular weight is 362 g/mol. The molecular weight excluding hydrogens is 340 g/mol. The van der Waals surface area contributed by atoms with Gasteiger partial charge in [0.25, 0.3) is 11.6 Å². The molecule has 4 amide bonds. The molecule has 0 unspecified atom stereocenters. The molecule has 1 fully saturated rings. The number of hydrogen-bond acceptors (Lipinski definition) is 5. The van der Waals surface area contributed by atoms with Crippen molar-refractivity contribution in [3.8, 4) is 0 Å². The summed E-state index contributed by atoms with van der Waals surface area (Å²) in [4.78, 5) is 48.1. The molecule has 9 nitrogen and oxygen atoms in total. The number of non-ortho nitro benzene ring substituents is 1. The van der Waals surface area contributed by atoms with E-state index in [4.69, 9.17) is 0 Å². The molecule has 0 bridgehead atoms. The Balaban J connectivity index is 2.14. The molecule has 1 aromatic rings. The highest BCUT2D eigenvalue weighted by Gasteiger charge is 2.49. The third-order valence-electron chi connectivity index (χ3n) is 4.36. The predicted octanol–water partition coefficient (Wildman–Crippen LogP) is 1.67. The number of nitrogens with zero attached hydrogens (tertiary/aromatic N) is 2. The van der Waals surface area contributed by atoms with Crippen LogP contribution in [-0.4, -0.2) is 40.3 Å². The van der Waals surface area contributed by atoms with Gasteiger partial charge in [-0.1, -0.05) is 13.3 Å². The molecule has 1 aliphatic rings. The monoisotopic (exact) mass is 362 g/mol. The number of nitro benzene ring substituents is 1. The molecule has 2 atom stereocenters. The summed E-state index contributed by atoms with van der Waals surface area (Å²) in [7, 11) is 0. The van der Waals surface area contributed by atoms with E-state index in [1.165, 1.54) is 31.2 Å². The molecule has 0 saturated carbocycles. The van der Waals surface area contributed by atoms with E-state index in [2.05, 4.69) is 10.6 Å². The van der Waals surface area contributed by atoms with E-state index in [1.807, 2.05) is 13.8 Å². The van der Waals surface area contributed by atoms with Crippen LogP contribution in [-0.2, 0) is 15.1 Å². The number of nitro groups is 1. The summed E-state index contributed by atoms with van der Waals surface area (Å²) < 4.78 is 0. The second kappa shape index (κ2) is 7.51. The number of hydrogen-bond donors (Lipinski definition) is 2. The van der Waals surface area contributed by atoms with Gasteiger partial charge in [-0.25, -0.2) is 4.79 Å². The lowest BCUT2D eigenvalue weighted by Crippen LogP contribution is -2.44. The summed E-state index contributed by atoms with van der Waals surface area (Å²) >= 11 is 0. The normalized spacial score (nSPS) is 20.7. The third-order valence-corrected chi connectivity index (χ3v) is 4.36. The molecule has 0 aromatic heterocycles. The van der Waals surface area contributed by atoms with E-state index in [1.54, 1.807) is 0 Å². The van der Waals surface area contributed by atoms with Gasteiger partial charge in [0.15, 0.2) is 0 Å². The second-order valence-corrected chi connectivity index (χ2v) is 6.51. The lowest BCUT2D eigenvalue weighted by molar-refractivity contribution is -0.384. The van der Waals surface area contributed by atoms with Crippen LogP contribution in [0.25, 0.3) is 0 Å². The van der Waals surface area contributed by atoms with Crippen molar-refractivity contribution < 1.29 is 19.3 Å². The van der Waals surface area contributed by atoms with Crippen LogP contribution in [0.4, 0.5) is 10.5 Å². The molecule has 26 heavy (non-hydrogen) atoms. The molecule has 1 saturated heterocycles. The Bertz CT molecular complexity index is 733. The van der Waals surface area contributed by atoms with E-state index < -0.39 is 28.3 Å². The molecule has 0 radical (unpaired) electrons. The van der Waals surface area contributed by atoms with Gasteiger partial charge < -0.3 is 10.6 Å². The Morgan fingerprint density at radius 2 is 1.96 bits per heavy atom. The lowest BCUT2D eigenvalue weighted by atomic mass is 9.92. The van der Waals surface area contributed by atoms with Crippen molar-refractivity contribution in [3.05, 3.63) is 39.9 Å². The quantitative estimate of drug-likeness (QED) is 0.434. The Kier molecular flexibility index (Phi) is 5.59. The summed E-state index contributed by atoms with van der Waals surface area (Å²) in [6.45, 7) is 4.98. The molecule has 0 aliphatic carbocycles. The van der Waals surface area contributed by atoms with Crippen LogP contribution in [0.1, 0.15) is 39.2 Å². The minimum Gasteiger partial charge on any atom is -0.352 e. The highest BCUT2D eigenvalue weighted by molar-refractivity contribution is 6.09. The van der Waals surface area contributed by atoms with Gasteiger partial charge in [-0.2, -0.15) is 0 Å². The van der Waals surface area contributed by atoms with Crippen molar-refractivity contribution in [3.63, 3.8) is 0 Å².